The number of sulfonamides is 1. The van der Waals surface area contributed by atoms with E-state index in [2.05, 4.69) is 19.9 Å². The highest BCUT2D eigenvalue weighted by molar-refractivity contribution is 7.89. The lowest BCUT2D eigenvalue weighted by Gasteiger charge is -2.37. The molecular weight excluding hydrogens is 430 g/mol. The number of rotatable bonds is 5. The van der Waals surface area contributed by atoms with Gasteiger partial charge in [-0.25, -0.2) is 18.1 Å². The summed E-state index contributed by atoms with van der Waals surface area (Å²) < 4.78 is 32.3. The second-order valence-corrected chi connectivity index (χ2v) is 11.2. The van der Waals surface area contributed by atoms with Crippen molar-refractivity contribution in [2.75, 3.05) is 30.6 Å². The number of hydrogen-bond donors (Lipinski definition) is 3. The minimum atomic E-state index is -3.49. The van der Waals surface area contributed by atoms with Gasteiger partial charge in [0, 0.05) is 22.9 Å². The summed E-state index contributed by atoms with van der Waals surface area (Å²) in [6.45, 7) is 2.93. The van der Waals surface area contributed by atoms with Gasteiger partial charge in [0.2, 0.25) is 16.0 Å². The highest BCUT2D eigenvalue weighted by Gasteiger charge is 2.51. The molecule has 0 radical (unpaired) electrons. The predicted octanol–water partition coefficient (Wildman–Crippen LogP) is 2.26. The molecule has 1 aromatic carbocycles. The van der Waals surface area contributed by atoms with Crippen molar-refractivity contribution < 1.29 is 18.3 Å². The zero-order valence-electron chi connectivity index (χ0n) is 18.3. The third kappa shape index (κ3) is 3.75. The van der Waals surface area contributed by atoms with Crippen molar-refractivity contribution in [2.45, 2.75) is 61.0 Å². The van der Waals surface area contributed by atoms with Gasteiger partial charge < -0.3 is 20.1 Å². The first-order chi connectivity index (χ1) is 15.2. The van der Waals surface area contributed by atoms with Crippen LogP contribution in [0.4, 0.5) is 17.5 Å². The van der Waals surface area contributed by atoms with Crippen LogP contribution < -0.4 is 14.9 Å². The standard InChI is InChI=1S/C22H29N5O4S/c1-21(28)9-3-4-18(21)27-14-31-13-22(10-11-22)17-12-24-20(26-19(17)27)25-15-5-7-16(8-6-15)32(29,30)23-2/h5-8,12,18,23,28H,3-4,9-11,13-14H2,1-2H3,(H,24,25,26)/t18-,21+/m1/s1. The Labute approximate surface area is 188 Å². The Balaban J connectivity index is 1.47. The van der Waals surface area contributed by atoms with Gasteiger partial charge in [0.05, 0.1) is 23.1 Å². The molecule has 2 fully saturated rings. The van der Waals surface area contributed by atoms with Crippen molar-refractivity contribution in [1.82, 2.24) is 14.7 Å². The fourth-order valence-electron chi connectivity index (χ4n) is 4.89. The quantitative estimate of drug-likeness (QED) is 0.623. The van der Waals surface area contributed by atoms with E-state index in [-0.39, 0.29) is 16.4 Å². The van der Waals surface area contributed by atoms with Gasteiger partial charge in [-0.2, -0.15) is 4.98 Å². The zero-order valence-corrected chi connectivity index (χ0v) is 19.2. The molecule has 10 heteroatoms. The summed E-state index contributed by atoms with van der Waals surface area (Å²) >= 11 is 0. The molecule has 2 saturated carbocycles. The first-order valence-electron chi connectivity index (χ1n) is 11.0. The molecule has 1 aliphatic heterocycles. The molecule has 0 unspecified atom stereocenters. The number of hydrogen-bond acceptors (Lipinski definition) is 8. The zero-order chi connectivity index (χ0) is 22.6. The summed E-state index contributed by atoms with van der Waals surface area (Å²) in [7, 11) is -2.11. The fourth-order valence-corrected chi connectivity index (χ4v) is 5.62. The molecule has 5 rings (SSSR count). The second-order valence-electron chi connectivity index (χ2n) is 9.28. The van der Waals surface area contributed by atoms with E-state index in [1.54, 1.807) is 12.1 Å². The smallest absolute Gasteiger partial charge is 0.240 e. The Morgan fingerprint density at radius 1 is 1.22 bits per heavy atom. The van der Waals surface area contributed by atoms with Crippen LogP contribution in [0.5, 0.6) is 0 Å². The first kappa shape index (κ1) is 21.6. The molecule has 0 amide bonds. The molecule has 0 saturated heterocycles. The van der Waals surface area contributed by atoms with Crippen molar-refractivity contribution in [3.63, 3.8) is 0 Å². The van der Waals surface area contributed by atoms with Crippen LogP contribution in [0.15, 0.2) is 35.4 Å². The summed E-state index contributed by atoms with van der Waals surface area (Å²) in [6, 6.07) is 6.37. The first-order valence-corrected chi connectivity index (χ1v) is 12.5. The molecule has 2 aromatic rings. The van der Waals surface area contributed by atoms with Crippen molar-refractivity contribution >= 4 is 27.5 Å². The number of fused-ring (bicyclic) bond motifs is 2. The molecule has 1 spiro atoms. The number of nitrogens with one attached hydrogen (secondary N) is 2. The van der Waals surface area contributed by atoms with Crippen LogP contribution in [0, 0.1) is 0 Å². The molecule has 3 aliphatic rings. The van der Waals surface area contributed by atoms with Gasteiger partial charge >= 0.3 is 0 Å². The highest BCUT2D eigenvalue weighted by atomic mass is 32.2. The Morgan fingerprint density at radius 3 is 2.59 bits per heavy atom. The molecule has 172 valence electrons. The molecule has 3 N–H and O–H groups in total. The number of aromatic nitrogens is 2. The molecule has 2 atom stereocenters. The Hall–Kier alpha value is -2.27. The Kier molecular flexibility index (Phi) is 5.16. The summed E-state index contributed by atoms with van der Waals surface area (Å²) in [5, 5.41) is 14.2. The van der Waals surface area contributed by atoms with Gasteiger partial charge in [0.1, 0.15) is 12.5 Å². The van der Waals surface area contributed by atoms with Crippen LogP contribution in [-0.2, 0) is 20.2 Å². The maximum Gasteiger partial charge on any atom is 0.240 e. The number of anilines is 3. The molecule has 32 heavy (non-hydrogen) atoms. The van der Waals surface area contributed by atoms with E-state index in [9.17, 15) is 13.5 Å². The van der Waals surface area contributed by atoms with E-state index >= 15 is 0 Å². The maximum absolute atomic E-state index is 12.0. The lowest BCUT2D eigenvalue weighted by Crippen LogP contribution is -2.49. The van der Waals surface area contributed by atoms with Gasteiger partial charge in [0.25, 0.3) is 0 Å². The molecule has 9 nitrogen and oxygen atoms in total. The fraction of sp³-hybridized carbons (Fsp3) is 0.545. The Bertz CT molecular complexity index is 1120. The van der Waals surface area contributed by atoms with Crippen LogP contribution in [0.1, 0.15) is 44.6 Å². The average Bonchev–Trinajstić information content (AvgIpc) is 3.50. The topological polar surface area (TPSA) is 117 Å². The molecule has 2 aliphatic carbocycles. The highest BCUT2D eigenvalue weighted by Crippen LogP contribution is 2.53. The van der Waals surface area contributed by atoms with Crippen molar-refractivity contribution in [3.8, 4) is 0 Å². The number of aliphatic hydroxyl groups is 1. The van der Waals surface area contributed by atoms with Gasteiger partial charge in [-0.1, -0.05) is 0 Å². The summed E-state index contributed by atoms with van der Waals surface area (Å²) in [5.74, 6) is 1.24. The van der Waals surface area contributed by atoms with E-state index in [0.717, 1.165) is 43.5 Å². The molecule has 1 aromatic heterocycles. The normalized spacial score (nSPS) is 26.6. The van der Waals surface area contributed by atoms with Crippen molar-refractivity contribution in [1.29, 1.82) is 0 Å². The van der Waals surface area contributed by atoms with Crippen molar-refractivity contribution in [3.05, 3.63) is 36.0 Å². The van der Waals surface area contributed by atoms with E-state index < -0.39 is 15.6 Å². The second kappa shape index (κ2) is 7.65. The van der Waals surface area contributed by atoms with Crippen LogP contribution in [0.3, 0.4) is 0 Å². The van der Waals surface area contributed by atoms with Crippen molar-refractivity contribution in [2.24, 2.45) is 0 Å². The average molecular weight is 460 g/mol. The minimum Gasteiger partial charge on any atom is -0.388 e. The van der Waals surface area contributed by atoms with Gasteiger partial charge in [-0.05, 0) is 70.3 Å². The van der Waals surface area contributed by atoms with Crippen LogP contribution in [0.25, 0.3) is 0 Å². The minimum absolute atomic E-state index is 0.0315. The van der Waals surface area contributed by atoms with E-state index in [1.165, 1.54) is 19.2 Å². The van der Waals surface area contributed by atoms with Crippen LogP contribution in [0.2, 0.25) is 0 Å². The van der Waals surface area contributed by atoms with Gasteiger partial charge in [0.15, 0.2) is 0 Å². The molecular formula is C22H29N5O4S. The van der Waals surface area contributed by atoms with Gasteiger partial charge in [-0.3, -0.25) is 0 Å². The van der Waals surface area contributed by atoms with Crippen LogP contribution >= 0.6 is 0 Å². The van der Waals surface area contributed by atoms with E-state index in [4.69, 9.17) is 9.72 Å². The summed E-state index contributed by atoms with van der Waals surface area (Å²) in [5.41, 5.74) is 0.939. The molecule has 0 bridgehead atoms. The summed E-state index contributed by atoms with van der Waals surface area (Å²) in [4.78, 5) is 11.7. The number of nitrogens with zero attached hydrogens (tertiary/aromatic N) is 3. The third-order valence-corrected chi connectivity index (χ3v) is 8.45. The third-order valence-electron chi connectivity index (χ3n) is 7.02. The number of benzene rings is 1. The number of ether oxygens (including phenoxy) is 1. The maximum atomic E-state index is 12.0. The SMILES string of the molecule is CNS(=O)(=O)c1ccc(Nc2ncc3c(n2)N([C@@H]2CCC[C@]2(C)O)COCC32CC2)cc1. The van der Waals surface area contributed by atoms with E-state index in [0.29, 0.717) is 25.0 Å². The van der Waals surface area contributed by atoms with E-state index in [1.807, 2.05) is 13.1 Å². The lowest BCUT2D eigenvalue weighted by atomic mass is 9.96. The Morgan fingerprint density at radius 2 is 1.97 bits per heavy atom. The monoisotopic (exact) mass is 459 g/mol. The lowest BCUT2D eigenvalue weighted by molar-refractivity contribution is 0.0345. The predicted molar refractivity (Wildman–Crippen MR) is 120 cm³/mol. The van der Waals surface area contributed by atoms with Gasteiger partial charge in [-0.15, -0.1) is 0 Å². The largest absolute Gasteiger partial charge is 0.388 e. The van der Waals surface area contributed by atoms with Crippen LogP contribution in [-0.4, -0.2) is 55.5 Å². The molecule has 2 heterocycles. The summed E-state index contributed by atoms with van der Waals surface area (Å²) in [6.07, 6.45) is 6.58.